The molecule has 0 aromatic heterocycles. The second-order valence-electron chi connectivity index (χ2n) is 6.07. The molecule has 2 aromatic rings. The molecule has 2 unspecified atom stereocenters. The maximum atomic E-state index is 12.5. The lowest BCUT2D eigenvalue weighted by Crippen LogP contribution is -2.38. The summed E-state index contributed by atoms with van der Waals surface area (Å²) in [6, 6.07) is 14.1. The van der Waals surface area contributed by atoms with Gasteiger partial charge in [-0.2, -0.15) is 0 Å². The zero-order valence-corrected chi connectivity index (χ0v) is 14.5. The lowest BCUT2D eigenvalue weighted by molar-refractivity contribution is -0.142. The first-order valence-corrected chi connectivity index (χ1v) is 8.47. The van der Waals surface area contributed by atoms with Gasteiger partial charge in [0.15, 0.2) is 6.04 Å². The van der Waals surface area contributed by atoms with E-state index in [1.807, 2.05) is 0 Å². The number of carboxylic acid groups (broad SMARTS) is 1. The van der Waals surface area contributed by atoms with E-state index >= 15 is 0 Å². The first-order chi connectivity index (χ1) is 12.5. The standard InChI is InChI=1S/C19H17ClN2O4/c20-14-6-8-15(9-7-14)22-11-13(10-16(22)23)18(24)21-17(19(25)26)12-4-2-1-3-5-12/h1-9,13,17H,10-11H2,(H,21,24)(H,25,26). The van der Waals surface area contributed by atoms with E-state index in [0.717, 1.165) is 0 Å². The Kier molecular flexibility index (Phi) is 5.23. The first kappa shape index (κ1) is 17.9. The van der Waals surface area contributed by atoms with E-state index in [1.54, 1.807) is 54.6 Å². The summed E-state index contributed by atoms with van der Waals surface area (Å²) in [5, 5.41) is 12.5. The van der Waals surface area contributed by atoms with Crippen LogP contribution < -0.4 is 10.2 Å². The van der Waals surface area contributed by atoms with Gasteiger partial charge in [0.2, 0.25) is 11.8 Å². The Morgan fingerprint density at radius 2 is 1.77 bits per heavy atom. The Morgan fingerprint density at radius 1 is 1.12 bits per heavy atom. The topological polar surface area (TPSA) is 86.7 Å². The van der Waals surface area contributed by atoms with Crippen LogP contribution in [0.1, 0.15) is 18.0 Å². The van der Waals surface area contributed by atoms with E-state index in [9.17, 15) is 19.5 Å². The lowest BCUT2D eigenvalue weighted by atomic mass is 10.0. The molecule has 6 nitrogen and oxygen atoms in total. The van der Waals surface area contributed by atoms with Crippen LogP contribution in [0, 0.1) is 5.92 Å². The van der Waals surface area contributed by atoms with Gasteiger partial charge in [-0.25, -0.2) is 4.79 Å². The molecule has 2 N–H and O–H groups in total. The van der Waals surface area contributed by atoms with Gasteiger partial charge in [-0.05, 0) is 29.8 Å². The SMILES string of the molecule is O=C(NC(C(=O)O)c1ccccc1)C1CC(=O)N(c2ccc(Cl)cc2)C1. The van der Waals surface area contributed by atoms with E-state index < -0.39 is 23.8 Å². The monoisotopic (exact) mass is 372 g/mol. The fourth-order valence-electron chi connectivity index (χ4n) is 2.95. The molecule has 0 saturated carbocycles. The molecule has 1 aliphatic heterocycles. The van der Waals surface area contributed by atoms with Crippen LogP contribution in [0.25, 0.3) is 0 Å². The summed E-state index contributed by atoms with van der Waals surface area (Å²) in [6.07, 6.45) is 0.0373. The number of carboxylic acids is 1. The number of amides is 2. The highest BCUT2D eigenvalue weighted by atomic mass is 35.5. The van der Waals surface area contributed by atoms with Crippen molar-refractivity contribution in [3.63, 3.8) is 0 Å². The van der Waals surface area contributed by atoms with E-state index in [1.165, 1.54) is 4.90 Å². The minimum Gasteiger partial charge on any atom is -0.479 e. The maximum Gasteiger partial charge on any atom is 0.330 e. The normalized spacial score (nSPS) is 17.8. The number of benzene rings is 2. The van der Waals surface area contributed by atoms with Crippen LogP contribution in [0.2, 0.25) is 5.02 Å². The number of hydrogen-bond donors (Lipinski definition) is 2. The average molecular weight is 373 g/mol. The molecule has 3 rings (SSSR count). The molecule has 0 radical (unpaired) electrons. The average Bonchev–Trinajstić information content (AvgIpc) is 3.02. The molecule has 2 atom stereocenters. The zero-order chi connectivity index (χ0) is 18.7. The second-order valence-corrected chi connectivity index (χ2v) is 6.51. The van der Waals surface area contributed by atoms with Crippen molar-refractivity contribution in [1.29, 1.82) is 0 Å². The number of rotatable bonds is 5. The van der Waals surface area contributed by atoms with E-state index in [2.05, 4.69) is 5.32 Å². The van der Waals surface area contributed by atoms with E-state index in [4.69, 9.17) is 11.6 Å². The van der Waals surface area contributed by atoms with Crippen molar-refractivity contribution >= 4 is 35.1 Å². The third-order valence-electron chi connectivity index (χ3n) is 4.30. The van der Waals surface area contributed by atoms with Crippen molar-refractivity contribution in [2.75, 3.05) is 11.4 Å². The van der Waals surface area contributed by atoms with E-state index in [-0.39, 0.29) is 18.9 Å². The van der Waals surface area contributed by atoms with Crippen LogP contribution in [-0.4, -0.2) is 29.4 Å². The van der Waals surface area contributed by atoms with Gasteiger partial charge in [0, 0.05) is 23.7 Å². The molecule has 1 heterocycles. The summed E-state index contributed by atoms with van der Waals surface area (Å²) in [7, 11) is 0. The Hall–Kier alpha value is -2.86. The molecule has 1 fully saturated rings. The summed E-state index contributed by atoms with van der Waals surface area (Å²) < 4.78 is 0. The van der Waals surface area contributed by atoms with Gasteiger partial charge in [0.25, 0.3) is 0 Å². The number of carbonyl (C=O) groups excluding carboxylic acids is 2. The van der Waals surface area contributed by atoms with Crippen LogP contribution >= 0.6 is 11.6 Å². The number of nitrogens with zero attached hydrogens (tertiary/aromatic N) is 1. The van der Waals surface area contributed by atoms with Gasteiger partial charge in [-0.1, -0.05) is 41.9 Å². The van der Waals surface area contributed by atoms with Crippen molar-refractivity contribution in [2.45, 2.75) is 12.5 Å². The minimum atomic E-state index is -1.15. The van der Waals surface area contributed by atoms with Crippen molar-refractivity contribution in [3.05, 3.63) is 65.2 Å². The fraction of sp³-hybridized carbons (Fsp3) is 0.211. The van der Waals surface area contributed by atoms with Gasteiger partial charge in [0.1, 0.15) is 0 Å². The molecule has 1 aliphatic rings. The van der Waals surface area contributed by atoms with Gasteiger partial charge in [-0.3, -0.25) is 9.59 Å². The molecule has 0 aliphatic carbocycles. The Balaban J connectivity index is 1.71. The molecular weight excluding hydrogens is 356 g/mol. The van der Waals surface area contributed by atoms with Crippen LogP contribution in [0.3, 0.4) is 0 Å². The molecular formula is C19H17ClN2O4. The Labute approximate surface area is 155 Å². The summed E-state index contributed by atoms with van der Waals surface area (Å²) in [5.41, 5.74) is 1.14. The largest absolute Gasteiger partial charge is 0.479 e. The highest BCUT2D eigenvalue weighted by molar-refractivity contribution is 6.30. The van der Waals surface area contributed by atoms with Crippen LogP contribution in [0.5, 0.6) is 0 Å². The highest BCUT2D eigenvalue weighted by Gasteiger charge is 2.36. The first-order valence-electron chi connectivity index (χ1n) is 8.10. The molecule has 134 valence electrons. The Morgan fingerprint density at radius 3 is 2.38 bits per heavy atom. The molecule has 0 spiro atoms. The smallest absolute Gasteiger partial charge is 0.330 e. The molecule has 1 saturated heterocycles. The fourth-order valence-corrected chi connectivity index (χ4v) is 3.07. The van der Waals surface area contributed by atoms with Gasteiger partial charge >= 0.3 is 5.97 Å². The van der Waals surface area contributed by atoms with Crippen LogP contribution in [-0.2, 0) is 14.4 Å². The second kappa shape index (κ2) is 7.58. The third kappa shape index (κ3) is 3.86. The van der Waals surface area contributed by atoms with Crippen molar-refractivity contribution < 1.29 is 19.5 Å². The lowest BCUT2D eigenvalue weighted by Gasteiger charge is -2.19. The van der Waals surface area contributed by atoms with Gasteiger partial charge < -0.3 is 15.3 Å². The number of carbonyl (C=O) groups is 3. The van der Waals surface area contributed by atoms with Crippen LogP contribution in [0.4, 0.5) is 5.69 Å². The highest BCUT2D eigenvalue weighted by Crippen LogP contribution is 2.27. The molecule has 2 aromatic carbocycles. The van der Waals surface area contributed by atoms with Crippen molar-refractivity contribution in [2.24, 2.45) is 5.92 Å². The minimum absolute atomic E-state index is 0.0373. The summed E-state index contributed by atoms with van der Waals surface area (Å²) in [5.74, 6) is -2.39. The molecule has 0 bridgehead atoms. The van der Waals surface area contributed by atoms with Gasteiger partial charge in [-0.15, -0.1) is 0 Å². The predicted molar refractivity (Wildman–Crippen MR) is 96.9 cm³/mol. The molecule has 7 heteroatoms. The number of hydrogen-bond acceptors (Lipinski definition) is 3. The summed E-state index contributed by atoms with van der Waals surface area (Å²) in [6.45, 7) is 0.202. The van der Waals surface area contributed by atoms with Crippen molar-refractivity contribution in [3.8, 4) is 0 Å². The summed E-state index contributed by atoms with van der Waals surface area (Å²) in [4.78, 5) is 37.8. The van der Waals surface area contributed by atoms with Gasteiger partial charge in [0.05, 0.1) is 5.92 Å². The Bertz CT molecular complexity index is 823. The number of halogens is 1. The summed E-state index contributed by atoms with van der Waals surface area (Å²) >= 11 is 5.86. The maximum absolute atomic E-state index is 12.5. The predicted octanol–water partition coefficient (Wildman–Crippen LogP) is 2.64. The molecule has 2 amide bonds. The van der Waals surface area contributed by atoms with E-state index in [0.29, 0.717) is 16.3 Å². The van der Waals surface area contributed by atoms with Crippen molar-refractivity contribution in [1.82, 2.24) is 5.32 Å². The quantitative estimate of drug-likeness (QED) is 0.844. The number of aliphatic carboxylic acids is 1. The number of anilines is 1. The number of nitrogens with one attached hydrogen (secondary N) is 1. The van der Waals surface area contributed by atoms with Crippen LogP contribution in [0.15, 0.2) is 54.6 Å². The third-order valence-corrected chi connectivity index (χ3v) is 4.55. The molecule has 26 heavy (non-hydrogen) atoms. The zero-order valence-electron chi connectivity index (χ0n) is 13.8.